The Hall–Kier alpha value is -1.85. The molecule has 2 N–H and O–H groups in total. The first-order valence-corrected chi connectivity index (χ1v) is 11.5. The summed E-state index contributed by atoms with van der Waals surface area (Å²) in [6.07, 6.45) is 5.09. The molecule has 0 spiro atoms. The summed E-state index contributed by atoms with van der Waals surface area (Å²) in [5.74, 6) is 1.44. The van der Waals surface area contributed by atoms with Gasteiger partial charge in [-0.3, -0.25) is 9.89 Å². The quantitative estimate of drug-likeness (QED) is 0.567. The number of nitrogens with zero attached hydrogens (tertiary/aromatic N) is 2. The van der Waals surface area contributed by atoms with Crippen molar-refractivity contribution in [3.8, 4) is 0 Å². The molecule has 1 aromatic heterocycles. The van der Waals surface area contributed by atoms with E-state index in [9.17, 15) is 0 Å². The van der Waals surface area contributed by atoms with E-state index in [4.69, 9.17) is 0 Å². The van der Waals surface area contributed by atoms with Crippen molar-refractivity contribution in [2.24, 2.45) is 4.99 Å². The zero-order valence-corrected chi connectivity index (χ0v) is 17.8. The van der Waals surface area contributed by atoms with Crippen LogP contribution in [-0.4, -0.2) is 42.6 Å². The van der Waals surface area contributed by atoms with Crippen LogP contribution in [0.2, 0.25) is 0 Å². The van der Waals surface area contributed by atoms with Crippen LogP contribution >= 0.6 is 11.3 Å². The minimum Gasteiger partial charge on any atom is -0.356 e. The van der Waals surface area contributed by atoms with Crippen LogP contribution in [0.25, 0.3) is 0 Å². The van der Waals surface area contributed by atoms with Gasteiger partial charge in [0, 0.05) is 38.3 Å². The van der Waals surface area contributed by atoms with Crippen molar-refractivity contribution in [3.63, 3.8) is 0 Å². The second-order valence-electron chi connectivity index (χ2n) is 8.27. The normalized spacial score (nSPS) is 26.2. The van der Waals surface area contributed by atoms with Gasteiger partial charge in [0.05, 0.1) is 0 Å². The molecule has 28 heavy (non-hydrogen) atoms. The fraction of sp³-hybridized carbons (Fsp3) is 0.522. The van der Waals surface area contributed by atoms with Crippen molar-refractivity contribution in [1.82, 2.24) is 15.5 Å². The molecule has 3 heterocycles. The summed E-state index contributed by atoms with van der Waals surface area (Å²) < 4.78 is 0. The lowest BCUT2D eigenvalue weighted by atomic mass is 9.96. The molecule has 3 unspecified atom stereocenters. The molecule has 0 amide bonds. The lowest BCUT2D eigenvalue weighted by Gasteiger charge is -2.39. The Bertz CT molecular complexity index is 744. The maximum Gasteiger partial charge on any atom is 0.191 e. The number of thiophene rings is 1. The van der Waals surface area contributed by atoms with Crippen molar-refractivity contribution in [2.45, 2.75) is 63.2 Å². The van der Waals surface area contributed by atoms with Crippen LogP contribution in [0.5, 0.6) is 0 Å². The molecule has 4 rings (SSSR count). The monoisotopic (exact) mass is 396 g/mol. The molecule has 2 saturated heterocycles. The molecular formula is C23H32N4S. The van der Waals surface area contributed by atoms with Crippen LogP contribution in [0, 0.1) is 0 Å². The molecular weight excluding hydrogens is 364 g/mol. The van der Waals surface area contributed by atoms with E-state index in [1.54, 1.807) is 11.3 Å². The summed E-state index contributed by atoms with van der Waals surface area (Å²) in [7, 11) is 1.88. The Kier molecular flexibility index (Phi) is 6.33. The molecule has 1 aromatic carbocycles. The van der Waals surface area contributed by atoms with E-state index in [0.29, 0.717) is 24.0 Å². The van der Waals surface area contributed by atoms with E-state index in [0.717, 1.165) is 19.0 Å². The predicted octanol–water partition coefficient (Wildman–Crippen LogP) is 4.21. The van der Waals surface area contributed by atoms with Crippen LogP contribution < -0.4 is 10.6 Å². The van der Waals surface area contributed by atoms with E-state index >= 15 is 0 Å². The number of benzene rings is 1. The molecule has 0 aliphatic carbocycles. The molecule has 2 aliphatic heterocycles. The lowest BCUT2D eigenvalue weighted by molar-refractivity contribution is 0.114. The number of hydrogen-bond donors (Lipinski definition) is 2. The van der Waals surface area contributed by atoms with Crippen molar-refractivity contribution in [2.75, 3.05) is 13.6 Å². The third-order valence-electron chi connectivity index (χ3n) is 6.34. The van der Waals surface area contributed by atoms with Gasteiger partial charge in [-0.05, 0) is 59.6 Å². The highest BCUT2D eigenvalue weighted by Gasteiger charge is 2.40. The van der Waals surface area contributed by atoms with Gasteiger partial charge < -0.3 is 10.6 Å². The van der Waals surface area contributed by atoms with Crippen molar-refractivity contribution in [1.29, 1.82) is 0 Å². The van der Waals surface area contributed by atoms with Crippen LogP contribution in [-0.2, 0) is 6.54 Å². The minimum atomic E-state index is 0.494. The Morgan fingerprint density at radius 2 is 1.93 bits per heavy atom. The van der Waals surface area contributed by atoms with E-state index < -0.39 is 0 Å². The highest BCUT2D eigenvalue weighted by molar-refractivity contribution is 7.07. The van der Waals surface area contributed by atoms with Crippen LogP contribution in [0.3, 0.4) is 0 Å². The minimum absolute atomic E-state index is 0.494. The first kappa shape index (κ1) is 19.5. The molecule has 0 saturated carbocycles. The van der Waals surface area contributed by atoms with Crippen LogP contribution in [0.4, 0.5) is 0 Å². The van der Waals surface area contributed by atoms with Crippen molar-refractivity contribution >= 4 is 17.3 Å². The second-order valence-corrected chi connectivity index (χ2v) is 9.05. The number of fused-ring (bicyclic) bond motifs is 2. The molecule has 5 heteroatoms. The zero-order valence-electron chi connectivity index (χ0n) is 17.0. The highest BCUT2D eigenvalue weighted by atomic mass is 32.1. The Morgan fingerprint density at radius 1 is 1.18 bits per heavy atom. The zero-order chi connectivity index (χ0) is 19.3. The van der Waals surface area contributed by atoms with Gasteiger partial charge in [-0.1, -0.05) is 37.3 Å². The van der Waals surface area contributed by atoms with E-state index in [2.05, 4.69) is 74.6 Å². The van der Waals surface area contributed by atoms with Gasteiger partial charge in [0.2, 0.25) is 0 Å². The lowest BCUT2D eigenvalue weighted by Crippen LogP contribution is -2.52. The molecule has 3 atom stereocenters. The number of nitrogens with one attached hydrogen (secondary N) is 2. The largest absolute Gasteiger partial charge is 0.356 e. The average Bonchev–Trinajstić information content (AvgIpc) is 3.33. The van der Waals surface area contributed by atoms with Crippen LogP contribution in [0.15, 0.2) is 52.2 Å². The summed E-state index contributed by atoms with van der Waals surface area (Å²) >= 11 is 1.77. The number of guanidine groups is 1. The summed E-state index contributed by atoms with van der Waals surface area (Å²) in [6.45, 7) is 4.27. The molecule has 4 nitrogen and oxygen atoms in total. The third kappa shape index (κ3) is 4.58. The van der Waals surface area contributed by atoms with E-state index in [-0.39, 0.29) is 0 Å². The van der Waals surface area contributed by atoms with Gasteiger partial charge in [-0.25, -0.2) is 0 Å². The maximum atomic E-state index is 4.48. The Morgan fingerprint density at radius 3 is 2.57 bits per heavy atom. The van der Waals surface area contributed by atoms with E-state index in [1.807, 2.05) is 7.05 Å². The maximum absolute atomic E-state index is 4.48. The standard InChI is InChI=1S/C23H32N4S/c1-17(19-10-11-28-16-19)14-25-23(24-2)26-20-12-21-8-9-22(13-20)27(21)15-18-6-4-3-5-7-18/h3-7,10-11,16-17,20-22H,8-9,12-15H2,1-2H3,(H2,24,25,26). The molecule has 2 aromatic rings. The predicted molar refractivity (Wildman–Crippen MR) is 119 cm³/mol. The van der Waals surface area contributed by atoms with Crippen molar-refractivity contribution in [3.05, 3.63) is 58.3 Å². The third-order valence-corrected chi connectivity index (χ3v) is 7.05. The second kappa shape index (κ2) is 9.10. The molecule has 150 valence electrons. The number of hydrogen-bond acceptors (Lipinski definition) is 3. The highest BCUT2D eigenvalue weighted by Crippen LogP contribution is 2.36. The summed E-state index contributed by atoms with van der Waals surface area (Å²) in [5.41, 5.74) is 2.84. The summed E-state index contributed by atoms with van der Waals surface area (Å²) in [5, 5.41) is 11.6. The first-order valence-electron chi connectivity index (χ1n) is 10.5. The molecule has 2 fully saturated rings. The molecule has 2 bridgehead atoms. The Balaban J connectivity index is 1.29. The van der Waals surface area contributed by atoms with Gasteiger partial charge in [0.1, 0.15) is 0 Å². The smallest absolute Gasteiger partial charge is 0.191 e. The number of rotatable bonds is 6. The van der Waals surface area contributed by atoms with Gasteiger partial charge in [0.25, 0.3) is 0 Å². The number of aliphatic imine (C=N–C) groups is 1. The fourth-order valence-electron chi connectivity index (χ4n) is 4.76. The number of piperidine rings is 1. The molecule has 2 aliphatic rings. The first-order chi connectivity index (χ1) is 13.7. The van der Waals surface area contributed by atoms with Gasteiger partial charge in [0.15, 0.2) is 5.96 Å². The average molecular weight is 397 g/mol. The Labute approximate surface area is 173 Å². The SMILES string of the molecule is CN=C(NCC(C)c1ccsc1)NC1CC2CCC(C1)N2Cc1ccccc1. The van der Waals surface area contributed by atoms with Gasteiger partial charge in [-0.2, -0.15) is 11.3 Å². The fourth-order valence-corrected chi connectivity index (χ4v) is 5.54. The summed E-state index contributed by atoms with van der Waals surface area (Å²) in [6, 6.07) is 15.0. The van der Waals surface area contributed by atoms with E-state index in [1.165, 1.54) is 36.8 Å². The van der Waals surface area contributed by atoms with Crippen molar-refractivity contribution < 1.29 is 0 Å². The topological polar surface area (TPSA) is 39.7 Å². The van der Waals surface area contributed by atoms with Gasteiger partial charge >= 0.3 is 0 Å². The van der Waals surface area contributed by atoms with Gasteiger partial charge in [-0.15, -0.1) is 0 Å². The molecule has 0 radical (unpaired) electrons. The van der Waals surface area contributed by atoms with Crippen LogP contribution in [0.1, 0.15) is 49.7 Å². The summed E-state index contributed by atoms with van der Waals surface area (Å²) in [4.78, 5) is 7.21.